The monoisotopic (exact) mass is 360 g/mol. The number of ether oxygens (including phenoxy) is 1. The van der Waals surface area contributed by atoms with Crippen LogP contribution in [0.15, 0.2) is 54.5 Å². The van der Waals surface area contributed by atoms with Crippen molar-refractivity contribution in [1.29, 1.82) is 0 Å². The summed E-state index contributed by atoms with van der Waals surface area (Å²) < 4.78 is 5.02. The van der Waals surface area contributed by atoms with Crippen LogP contribution in [0.4, 0.5) is 5.69 Å². The molecule has 0 aromatic heterocycles. The summed E-state index contributed by atoms with van der Waals surface area (Å²) in [5.74, 6) is -1.16. The molecule has 6 nitrogen and oxygen atoms in total. The molecule has 2 rings (SSSR count). The standard InChI is InChI=1S/C18H20N2O4S/c1-3-9-20(10-4-2)16(21)12-24-17(22)11-15-18(23)19-13-7-5-6-8-14(13)25-15/h3-8,15H,1-2,9-12H2,(H,19,23)/t15-/m0/s1. The van der Waals surface area contributed by atoms with Crippen molar-refractivity contribution in [3.63, 3.8) is 0 Å². The molecule has 0 fully saturated rings. The van der Waals surface area contributed by atoms with Gasteiger partial charge >= 0.3 is 5.97 Å². The Morgan fingerprint density at radius 2 is 1.92 bits per heavy atom. The van der Waals surface area contributed by atoms with Gasteiger partial charge in [0.05, 0.1) is 17.4 Å². The third-order valence-corrected chi connectivity index (χ3v) is 4.74. The van der Waals surface area contributed by atoms with E-state index in [2.05, 4.69) is 18.5 Å². The Morgan fingerprint density at radius 3 is 2.60 bits per heavy atom. The lowest BCUT2D eigenvalue weighted by Gasteiger charge is -2.23. The second-order valence-corrected chi connectivity index (χ2v) is 6.58. The van der Waals surface area contributed by atoms with Crippen molar-refractivity contribution >= 4 is 35.2 Å². The molecular formula is C18H20N2O4S. The van der Waals surface area contributed by atoms with E-state index in [0.29, 0.717) is 13.1 Å². The van der Waals surface area contributed by atoms with Crippen molar-refractivity contribution in [3.05, 3.63) is 49.6 Å². The van der Waals surface area contributed by atoms with Gasteiger partial charge in [0.2, 0.25) is 5.91 Å². The molecule has 25 heavy (non-hydrogen) atoms. The normalized spacial score (nSPS) is 15.5. The first-order valence-electron chi connectivity index (χ1n) is 7.77. The van der Waals surface area contributed by atoms with Crippen molar-refractivity contribution in [2.45, 2.75) is 16.6 Å². The number of fused-ring (bicyclic) bond motifs is 1. The molecule has 1 aliphatic heterocycles. The Bertz CT molecular complexity index is 679. The number of esters is 1. The summed E-state index contributed by atoms with van der Waals surface area (Å²) in [6.45, 7) is 7.49. The van der Waals surface area contributed by atoms with Crippen molar-refractivity contribution in [1.82, 2.24) is 4.90 Å². The second-order valence-electron chi connectivity index (χ2n) is 5.33. The van der Waals surface area contributed by atoms with Crippen LogP contribution < -0.4 is 5.32 Å². The molecular weight excluding hydrogens is 340 g/mol. The van der Waals surface area contributed by atoms with E-state index < -0.39 is 11.2 Å². The third-order valence-electron chi connectivity index (χ3n) is 3.47. The predicted molar refractivity (Wildman–Crippen MR) is 97.3 cm³/mol. The first-order chi connectivity index (χ1) is 12.0. The van der Waals surface area contributed by atoms with Gasteiger partial charge in [-0.3, -0.25) is 14.4 Å². The van der Waals surface area contributed by atoms with Crippen LogP contribution in [-0.4, -0.2) is 47.6 Å². The molecule has 1 atom stereocenters. The number of carbonyl (C=O) groups excluding carboxylic acids is 3. The first kappa shape index (κ1) is 18.8. The molecule has 132 valence electrons. The van der Waals surface area contributed by atoms with Crippen LogP contribution >= 0.6 is 11.8 Å². The highest BCUT2D eigenvalue weighted by molar-refractivity contribution is 8.01. The molecule has 0 saturated heterocycles. The zero-order valence-corrected chi connectivity index (χ0v) is 14.6. The molecule has 0 saturated carbocycles. The highest BCUT2D eigenvalue weighted by atomic mass is 32.2. The van der Waals surface area contributed by atoms with Gasteiger partial charge in [-0.15, -0.1) is 24.9 Å². The summed E-state index contributed by atoms with van der Waals surface area (Å²) >= 11 is 1.32. The Kier molecular flexibility index (Phi) is 6.82. The summed E-state index contributed by atoms with van der Waals surface area (Å²) in [7, 11) is 0. The number of hydrogen-bond acceptors (Lipinski definition) is 5. The SMILES string of the molecule is C=CCN(CC=C)C(=O)COC(=O)C[C@@H]1Sc2ccccc2NC1=O. The molecule has 1 aliphatic rings. The Morgan fingerprint density at radius 1 is 1.24 bits per heavy atom. The fourth-order valence-electron chi connectivity index (χ4n) is 2.26. The van der Waals surface area contributed by atoms with Gasteiger partial charge in [-0.1, -0.05) is 24.3 Å². The highest BCUT2D eigenvalue weighted by Crippen LogP contribution is 2.36. The fourth-order valence-corrected chi connectivity index (χ4v) is 3.36. The van der Waals surface area contributed by atoms with Gasteiger partial charge in [-0.2, -0.15) is 0 Å². The zero-order valence-electron chi connectivity index (χ0n) is 13.8. The van der Waals surface area contributed by atoms with Gasteiger partial charge < -0.3 is 15.0 Å². The smallest absolute Gasteiger partial charge is 0.307 e. The van der Waals surface area contributed by atoms with E-state index >= 15 is 0 Å². The number of amides is 2. The number of rotatable bonds is 8. The molecule has 7 heteroatoms. The number of hydrogen-bond donors (Lipinski definition) is 1. The number of para-hydroxylation sites is 1. The van der Waals surface area contributed by atoms with Crippen molar-refractivity contribution in [2.75, 3.05) is 25.0 Å². The number of carbonyl (C=O) groups is 3. The number of anilines is 1. The van der Waals surface area contributed by atoms with Gasteiger partial charge in [0, 0.05) is 18.0 Å². The van der Waals surface area contributed by atoms with Crippen LogP contribution in [0.3, 0.4) is 0 Å². The maximum absolute atomic E-state index is 12.1. The third kappa shape index (κ3) is 5.22. The summed E-state index contributed by atoms with van der Waals surface area (Å²) in [6, 6.07) is 7.38. The van der Waals surface area contributed by atoms with Crippen LogP contribution in [0.5, 0.6) is 0 Å². The van der Waals surface area contributed by atoms with E-state index in [1.165, 1.54) is 16.7 Å². The molecule has 0 unspecified atom stereocenters. The highest BCUT2D eigenvalue weighted by Gasteiger charge is 2.29. The van der Waals surface area contributed by atoms with Crippen LogP contribution in [0.25, 0.3) is 0 Å². The van der Waals surface area contributed by atoms with Crippen LogP contribution in [0, 0.1) is 0 Å². The largest absolute Gasteiger partial charge is 0.456 e. The summed E-state index contributed by atoms with van der Waals surface area (Å²) in [5.41, 5.74) is 0.738. The molecule has 1 N–H and O–H groups in total. The molecule has 0 radical (unpaired) electrons. The lowest BCUT2D eigenvalue weighted by molar-refractivity contribution is -0.151. The van der Waals surface area contributed by atoms with Gasteiger partial charge in [0.1, 0.15) is 0 Å². The average molecular weight is 360 g/mol. The Hall–Kier alpha value is -2.54. The van der Waals surface area contributed by atoms with Crippen LogP contribution in [-0.2, 0) is 19.1 Å². The number of thioether (sulfide) groups is 1. The fraction of sp³-hybridized carbons (Fsp3) is 0.278. The maximum Gasteiger partial charge on any atom is 0.307 e. The van der Waals surface area contributed by atoms with E-state index in [1.807, 2.05) is 18.2 Å². The minimum atomic E-state index is -0.586. The first-order valence-corrected chi connectivity index (χ1v) is 8.65. The van der Waals surface area contributed by atoms with Crippen molar-refractivity contribution < 1.29 is 19.1 Å². The van der Waals surface area contributed by atoms with Crippen molar-refractivity contribution in [3.8, 4) is 0 Å². The van der Waals surface area contributed by atoms with Crippen LogP contribution in [0.2, 0.25) is 0 Å². The van der Waals surface area contributed by atoms with Crippen LogP contribution in [0.1, 0.15) is 6.42 Å². The Labute approximate surface area is 150 Å². The van der Waals surface area contributed by atoms with E-state index in [4.69, 9.17) is 4.74 Å². The molecule has 0 aliphatic carbocycles. The summed E-state index contributed by atoms with van der Waals surface area (Å²) in [5, 5.41) is 2.19. The van der Waals surface area contributed by atoms with E-state index in [0.717, 1.165) is 10.6 Å². The minimum Gasteiger partial charge on any atom is -0.456 e. The number of benzene rings is 1. The molecule has 2 amide bonds. The molecule has 1 aromatic carbocycles. The predicted octanol–water partition coefficient (Wildman–Crippen LogP) is 2.23. The summed E-state index contributed by atoms with van der Waals surface area (Å²) in [6.07, 6.45) is 3.08. The zero-order chi connectivity index (χ0) is 18.2. The van der Waals surface area contributed by atoms with Gasteiger partial charge in [0.15, 0.2) is 6.61 Å². The van der Waals surface area contributed by atoms with Gasteiger partial charge in [0.25, 0.3) is 5.91 Å². The molecule has 1 aromatic rings. The quantitative estimate of drug-likeness (QED) is 0.568. The van der Waals surface area contributed by atoms with E-state index in [9.17, 15) is 14.4 Å². The number of nitrogens with zero attached hydrogens (tertiary/aromatic N) is 1. The molecule has 1 heterocycles. The van der Waals surface area contributed by atoms with E-state index in [-0.39, 0.29) is 24.8 Å². The Balaban J connectivity index is 1.86. The van der Waals surface area contributed by atoms with E-state index in [1.54, 1.807) is 18.2 Å². The van der Waals surface area contributed by atoms with Crippen molar-refractivity contribution in [2.24, 2.45) is 0 Å². The summed E-state index contributed by atoms with van der Waals surface area (Å²) in [4.78, 5) is 38.4. The van der Waals surface area contributed by atoms with Gasteiger partial charge in [-0.05, 0) is 12.1 Å². The molecule has 0 bridgehead atoms. The topological polar surface area (TPSA) is 75.7 Å². The van der Waals surface area contributed by atoms with Gasteiger partial charge in [-0.25, -0.2) is 0 Å². The molecule has 0 spiro atoms. The minimum absolute atomic E-state index is 0.0962. The maximum atomic E-state index is 12.1. The second kappa shape index (κ2) is 9.08. The number of nitrogens with one attached hydrogen (secondary N) is 1. The average Bonchev–Trinajstić information content (AvgIpc) is 2.60. The lowest BCUT2D eigenvalue weighted by atomic mass is 10.2. The lowest BCUT2D eigenvalue weighted by Crippen LogP contribution is -2.36.